The van der Waals surface area contributed by atoms with Gasteiger partial charge in [0.1, 0.15) is 15.7 Å². The van der Waals surface area contributed by atoms with Gasteiger partial charge in [0.15, 0.2) is 0 Å². The van der Waals surface area contributed by atoms with Gasteiger partial charge in [0.05, 0.1) is 25.4 Å². The number of morpholine rings is 1. The molecule has 6 atom stereocenters. The summed E-state index contributed by atoms with van der Waals surface area (Å²) in [6, 6.07) is 0.113. The number of ether oxygens (including phenoxy) is 2. The van der Waals surface area contributed by atoms with E-state index >= 15 is 0 Å². The van der Waals surface area contributed by atoms with Crippen molar-refractivity contribution in [1.82, 2.24) is 9.34 Å². The predicted molar refractivity (Wildman–Crippen MR) is 98.7 cm³/mol. The van der Waals surface area contributed by atoms with Crippen LogP contribution in [-0.4, -0.2) is 94.8 Å². The Bertz CT molecular complexity index is 449. The van der Waals surface area contributed by atoms with Crippen molar-refractivity contribution >= 4 is 23.4 Å². The maximum Gasteiger partial charge on any atom is 0.345 e. The number of nitrogens with zero attached hydrogens (tertiary/aromatic N) is 2. The van der Waals surface area contributed by atoms with Crippen molar-refractivity contribution in [2.24, 2.45) is 5.92 Å². The number of hydrogen-bond acceptors (Lipinski definition) is 5. The molecule has 10 heteroatoms. The van der Waals surface area contributed by atoms with E-state index in [1.54, 1.807) is 18.8 Å². The lowest BCUT2D eigenvalue weighted by molar-refractivity contribution is -0.0644. The first-order valence-corrected chi connectivity index (χ1v) is 10.4. The molecule has 2 aliphatic heterocycles. The molecule has 2 unspecified atom stereocenters. The lowest BCUT2D eigenvalue weighted by atomic mass is 9.84. The van der Waals surface area contributed by atoms with Crippen LogP contribution in [0.1, 0.15) is 19.8 Å². The van der Waals surface area contributed by atoms with Crippen LogP contribution in [0.25, 0.3) is 0 Å². The molecule has 2 rings (SSSR count). The van der Waals surface area contributed by atoms with Crippen LogP contribution in [0, 0.1) is 5.92 Å². The van der Waals surface area contributed by atoms with E-state index in [0.717, 1.165) is 12.8 Å². The Hall–Kier alpha value is 0.120. The first-order valence-electron chi connectivity index (χ1n) is 8.84. The first kappa shape index (κ1) is 20.4. The fourth-order valence-electron chi connectivity index (χ4n) is 3.62. The van der Waals surface area contributed by atoms with Crippen LogP contribution >= 0.6 is 7.67 Å². The molecule has 0 amide bonds. The fourth-order valence-corrected chi connectivity index (χ4v) is 5.70. The van der Waals surface area contributed by atoms with E-state index in [1.807, 2.05) is 12.5 Å². The van der Waals surface area contributed by atoms with Crippen molar-refractivity contribution in [1.29, 1.82) is 0 Å². The number of aliphatic hydroxyl groups is 1. The molecule has 7 nitrogen and oxygen atoms in total. The highest BCUT2D eigenvalue weighted by molar-refractivity contribution is 7.53. The Balaban J connectivity index is 2.03. The van der Waals surface area contributed by atoms with Crippen LogP contribution in [0.3, 0.4) is 0 Å². The van der Waals surface area contributed by atoms with Crippen molar-refractivity contribution in [3.63, 3.8) is 0 Å². The standard InChI is InChI=1S/C14H31B2N2O5P/c1-10-4-11(22-13(15)5-10)9-21-24(20,17(2)3)18-6-12(8-19)23-14(16)7-18/h10-14,19H,4-9,15-16H2,1-3H3/t10?,11-,12-,13+,14+,24?/m0/s1. The van der Waals surface area contributed by atoms with Crippen molar-refractivity contribution < 1.29 is 23.7 Å². The van der Waals surface area contributed by atoms with Gasteiger partial charge in [-0.1, -0.05) is 6.92 Å². The van der Waals surface area contributed by atoms with Gasteiger partial charge in [-0.3, -0.25) is 4.57 Å². The van der Waals surface area contributed by atoms with Gasteiger partial charge < -0.3 is 19.1 Å². The maximum absolute atomic E-state index is 13.5. The van der Waals surface area contributed by atoms with Crippen LogP contribution in [0.2, 0.25) is 0 Å². The van der Waals surface area contributed by atoms with Gasteiger partial charge in [-0.05, 0) is 32.9 Å². The van der Waals surface area contributed by atoms with E-state index in [0.29, 0.717) is 25.6 Å². The molecule has 2 heterocycles. The molecule has 0 aromatic heterocycles. The average Bonchev–Trinajstić information content (AvgIpc) is 2.50. The van der Waals surface area contributed by atoms with Gasteiger partial charge >= 0.3 is 7.67 Å². The molecule has 2 saturated heterocycles. The molecule has 0 aromatic carbocycles. The molecular weight excluding hydrogens is 329 g/mol. The summed E-state index contributed by atoms with van der Waals surface area (Å²) in [5, 5.41) is 9.41. The molecule has 0 radical (unpaired) electrons. The highest BCUT2D eigenvalue weighted by atomic mass is 31.2. The quantitative estimate of drug-likeness (QED) is 0.486. The van der Waals surface area contributed by atoms with Gasteiger partial charge in [-0.25, -0.2) is 9.34 Å². The zero-order chi connectivity index (χ0) is 17.9. The Kier molecular flexibility index (Phi) is 7.38. The van der Waals surface area contributed by atoms with E-state index < -0.39 is 7.67 Å². The molecule has 138 valence electrons. The van der Waals surface area contributed by atoms with E-state index in [1.165, 1.54) is 0 Å². The molecular formula is C14H31B2N2O5P. The third-order valence-corrected chi connectivity index (χ3v) is 7.16. The zero-order valence-corrected chi connectivity index (χ0v) is 16.4. The molecule has 0 spiro atoms. The van der Waals surface area contributed by atoms with E-state index in [9.17, 15) is 9.67 Å². The third-order valence-electron chi connectivity index (χ3n) is 4.63. The minimum atomic E-state index is -3.17. The molecule has 0 aromatic rings. The summed E-state index contributed by atoms with van der Waals surface area (Å²) in [7, 11) is 4.36. The van der Waals surface area contributed by atoms with Crippen molar-refractivity contribution in [3.05, 3.63) is 0 Å². The summed E-state index contributed by atoms with van der Waals surface area (Å²) in [6.45, 7) is 3.36. The summed E-state index contributed by atoms with van der Waals surface area (Å²) in [5.41, 5.74) is 0. The van der Waals surface area contributed by atoms with Gasteiger partial charge in [-0.15, -0.1) is 0 Å². The highest BCUT2D eigenvalue weighted by Crippen LogP contribution is 2.53. The van der Waals surface area contributed by atoms with Gasteiger partial charge in [0, 0.05) is 25.1 Å². The Morgan fingerprint density at radius 2 is 1.88 bits per heavy atom. The van der Waals surface area contributed by atoms with Crippen molar-refractivity contribution in [2.45, 2.75) is 44.0 Å². The minimum Gasteiger partial charge on any atom is -0.394 e. The second-order valence-electron chi connectivity index (χ2n) is 7.40. The van der Waals surface area contributed by atoms with Crippen molar-refractivity contribution in [3.8, 4) is 0 Å². The van der Waals surface area contributed by atoms with E-state index in [4.69, 9.17) is 14.0 Å². The maximum atomic E-state index is 13.5. The molecule has 0 saturated carbocycles. The Morgan fingerprint density at radius 3 is 2.46 bits per heavy atom. The summed E-state index contributed by atoms with van der Waals surface area (Å²) < 4.78 is 34.5. The minimum absolute atomic E-state index is 0.0240. The topological polar surface area (TPSA) is 71.5 Å². The Morgan fingerprint density at radius 1 is 1.21 bits per heavy atom. The van der Waals surface area contributed by atoms with Crippen LogP contribution in [0.15, 0.2) is 0 Å². The van der Waals surface area contributed by atoms with Crippen molar-refractivity contribution in [2.75, 3.05) is 40.4 Å². The number of rotatable bonds is 6. The zero-order valence-electron chi connectivity index (χ0n) is 15.6. The first-order chi connectivity index (χ1) is 11.2. The predicted octanol–water partition coefficient (Wildman–Crippen LogP) is -0.901. The SMILES string of the molecule is B[C@H]1CC(C)C[C@@H](COP(=O)(N(C)C)N2C[C@@H](CO)O[C@@H](B)C2)O1. The average molecular weight is 360 g/mol. The largest absolute Gasteiger partial charge is 0.394 e. The van der Waals surface area contributed by atoms with Gasteiger partial charge in [-0.2, -0.15) is 0 Å². The number of hydrogen-bond donors (Lipinski definition) is 1. The van der Waals surface area contributed by atoms with Crippen LogP contribution in [0.5, 0.6) is 0 Å². The fraction of sp³-hybridized carbons (Fsp3) is 1.00. The van der Waals surface area contributed by atoms with E-state index in [2.05, 4.69) is 14.8 Å². The summed E-state index contributed by atoms with van der Waals surface area (Å²) in [6.07, 6.45) is 1.62. The lowest BCUT2D eigenvalue weighted by Crippen LogP contribution is -2.49. The number of aliphatic hydroxyl groups excluding tert-OH is 1. The van der Waals surface area contributed by atoms with Crippen LogP contribution in [-0.2, 0) is 18.6 Å². The second kappa shape index (κ2) is 8.67. The van der Waals surface area contributed by atoms with Crippen LogP contribution < -0.4 is 0 Å². The smallest absolute Gasteiger partial charge is 0.345 e. The molecule has 0 bridgehead atoms. The molecule has 2 fully saturated rings. The molecule has 1 N–H and O–H groups in total. The Labute approximate surface area is 147 Å². The summed E-state index contributed by atoms with van der Waals surface area (Å²) in [5.74, 6) is 0.586. The van der Waals surface area contributed by atoms with Gasteiger partial charge in [0.25, 0.3) is 0 Å². The second-order valence-corrected chi connectivity index (χ2v) is 10.0. The summed E-state index contributed by atoms with van der Waals surface area (Å²) >= 11 is 0. The van der Waals surface area contributed by atoms with E-state index in [-0.39, 0.29) is 30.8 Å². The monoisotopic (exact) mass is 360 g/mol. The third kappa shape index (κ3) is 5.07. The molecule has 24 heavy (non-hydrogen) atoms. The molecule has 0 aliphatic carbocycles. The van der Waals surface area contributed by atoms with Gasteiger partial charge in [0.2, 0.25) is 0 Å². The lowest BCUT2D eigenvalue weighted by Gasteiger charge is -2.42. The normalized spacial score (nSPS) is 38.1. The summed E-state index contributed by atoms with van der Waals surface area (Å²) in [4.78, 5) is 0. The molecule has 2 aliphatic rings. The van der Waals surface area contributed by atoms with Crippen LogP contribution in [0.4, 0.5) is 0 Å². The highest BCUT2D eigenvalue weighted by Gasteiger charge is 2.41.